The molecule has 5 rings (SSSR count). The molecule has 0 amide bonds. The van der Waals surface area contributed by atoms with Crippen LogP contribution in [0, 0.1) is 64.1 Å². The van der Waals surface area contributed by atoms with Gasteiger partial charge in [-0.3, -0.25) is 0 Å². The summed E-state index contributed by atoms with van der Waals surface area (Å²) in [6, 6.07) is 0. The molecule has 0 bridgehead atoms. The first kappa shape index (κ1) is 35.6. The van der Waals surface area contributed by atoms with Crippen LogP contribution in [-0.4, -0.2) is 58.6 Å². The van der Waals surface area contributed by atoms with E-state index in [1.807, 2.05) is 27.7 Å². The lowest BCUT2D eigenvalue weighted by Gasteiger charge is -2.59. The van der Waals surface area contributed by atoms with Crippen molar-refractivity contribution >= 4 is 0 Å². The Bertz CT molecular complexity index is 831. The highest BCUT2D eigenvalue weighted by Gasteiger charge is 2.84. The van der Waals surface area contributed by atoms with E-state index in [0.717, 1.165) is 51.0 Å². The van der Waals surface area contributed by atoms with Crippen molar-refractivity contribution in [2.45, 2.75) is 144 Å². The van der Waals surface area contributed by atoms with Crippen molar-refractivity contribution in [2.24, 2.45) is 51.2 Å². The largest absolute Gasteiger partial charge is 0.400 e. The van der Waals surface area contributed by atoms with Gasteiger partial charge in [-0.1, -0.05) is 48.0 Å². The van der Waals surface area contributed by atoms with Gasteiger partial charge in [-0.15, -0.1) is 12.8 Å². The van der Waals surface area contributed by atoms with Crippen LogP contribution in [0.5, 0.6) is 0 Å². The van der Waals surface area contributed by atoms with Gasteiger partial charge in [-0.05, 0) is 123 Å². The molecule has 0 aliphatic heterocycles. The topological polar surface area (TPSA) is 90.2 Å². The summed E-state index contributed by atoms with van der Waals surface area (Å²) in [6.45, 7) is 17.4. The summed E-state index contributed by atoms with van der Waals surface area (Å²) in [5.41, 5.74) is 0.309. The average Bonchev–Trinajstić information content (AvgIpc) is 3.35. The van der Waals surface area contributed by atoms with Gasteiger partial charge < -0.3 is 25.2 Å². The SMILES string of the molecule is C#C.CC.CO.CO[C@@H](CCC[C@H]1[C@H](O)CC2[C@@H]3CCC4C(C)(C)[C@@H](O)CCC45[C@@H](C)[C@@]35CC[C@@]21C)C(C)(C)O. The summed E-state index contributed by atoms with van der Waals surface area (Å²) in [4.78, 5) is 0. The molecule has 4 N–H and O–H groups in total. The molecule has 3 unspecified atom stereocenters. The lowest BCUT2D eigenvalue weighted by molar-refractivity contribution is -0.132. The van der Waals surface area contributed by atoms with E-state index >= 15 is 0 Å². The van der Waals surface area contributed by atoms with Crippen LogP contribution in [0.15, 0.2) is 0 Å². The first-order valence-corrected chi connectivity index (χ1v) is 16.2. The number of terminal acetylenes is 1. The first-order valence-electron chi connectivity index (χ1n) is 16.2. The van der Waals surface area contributed by atoms with E-state index in [9.17, 15) is 15.3 Å². The second kappa shape index (κ2) is 12.9. The second-order valence-corrected chi connectivity index (χ2v) is 14.7. The molecular weight excluding hydrogens is 500 g/mol. The van der Waals surface area contributed by atoms with Gasteiger partial charge in [0, 0.05) is 14.2 Å². The molecular formula is C35H64O5. The van der Waals surface area contributed by atoms with Gasteiger partial charge in [0.15, 0.2) is 0 Å². The van der Waals surface area contributed by atoms with Crippen molar-refractivity contribution < 1.29 is 25.2 Å². The van der Waals surface area contributed by atoms with Gasteiger partial charge in [0.1, 0.15) is 0 Å². The van der Waals surface area contributed by atoms with E-state index < -0.39 is 5.60 Å². The lowest BCUT2D eigenvalue weighted by atomic mass is 9.46. The number of hydrogen-bond acceptors (Lipinski definition) is 5. The predicted octanol–water partition coefficient (Wildman–Crippen LogP) is 6.45. The number of hydrogen-bond donors (Lipinski definition) is 4. The molecule has 5 heteroatoms. The second-order valence-electron chi connectivity index (χ2n) is 14.7. The molecule has 0 heterocycles. The molecule has 0 aromatic carbocycles. The Labute approximate surface area is 246 Å². The smallest absolute Gasteiger partial charge is 0.0852 e. The third-order valence-corrected chi connectivity index (χ3v) is 13.2. The summed E-state index contributed by atoms with van der Waals surface area (Å²) >= 11 is 0. The van der Waals surface area contributed by atoms with Gasteiger partial charge in [-0.2, -0.15) is 0 Å². The van der Waals surface area contributed by atoms with E-state index in [1.54, 1.807) is 7.11 Å². The van der Waals surface area contributed by atoms with Crippen LogP contribution in [-0.2, 0) is 4.74 Å². The molecule has 5 saturated carbocycles. The summed E-state index contributed by atoms with van der Waals surface area (Å²) < 4.78 is 5.58. The van der Waals surface area contributed by atoms with Gasteiger partial charge in [0.2, 0.25) is 0 Å². The van der Waals surface area contributed by atoms with E-state index in [4.69, 9.17) is 9.84 Å². The summed E-state index contributed by atoms with van der Waals surface area (Å²) in [5.74, 6) is 3.15. The fraction of sp³-hybridized carbons (Fsp3) is 0.943. The van der Waals surface area contributed by atoms with Gasteiger partial charge in [0.05, 0.1) is 23.9 Å². The van der Waals surface area contributed by atoms with Crippen molar-refractivity contribution in [2.75, 3.05) is 14.2 Å². The van der Waals surface area contributed by atoms with Crippen molar-refractivity contribution in [3.63, 3.8) is 0 Å². The molecule has 0 aromatic heterocycles. The normalized spacial score (nSPS) is 44.8. The van der Waals surface area contributed by atoms with Crippen LogP contribution < -0.4 is 0 Å². The zero-order valence-electron chi connectivity index (χ0n) is 27.5. The molecule has 5 fully saturated rings. The van der Waals surface area contributed by atoms with Crippen molar-refractivity contribution in [1.29, 1.82) is 0 Å². The molecule has 2 spiro atoms. The summed E-state index contributed by atoms with van der Waals surface area (Å²) in [7, 11) is 2.69. The van der Waals surface area contributed by atoms with Crippen LogP contribution in [0.2, 0.25) is 0 Å². The Morgan fingerprint density at radius 3 is 2.08 bits per heavy atom. The van der Waals surface area contributed by atoms with Crippen LogP contribution in [0.1, 0.15) is 120 Å². The number of aliphatic hydroxyl groups is 4. The van der Waals surface area contributed by atoms with Gasteiger partial charge in [0.25, 0.3) is 0 Å². The number of methoxy groups -OCH3 is 1. The Hall–Kier alpha value is -0.640. The standard InChI is InChI=1S/C30H52O4.C2H6.C2H2.CH4O/c1-18-29-16-15-28(6)20(9-8-10-25(34-7)27(4,5)33)22(31)17-21(28)19(29)11-12-23-26(2,3)24(32)13-14-30(18,23)29;3*1-2/h18-25,31-33H,8-17H2,1-7H3;1-2H3;1-2H;2H,1H3/t18-,19-,20-,21?,22+,23?,24-,25-,28+,29-,30?;;;/m0.../s1. The molecule has 0 saturated heterocycles. The maximum absolute atomic E-state index is 11.4. The summed E-state index contributed by atoms with van der Waals surface area (Å²) in [6.07, 6.45) is 18.6. The van der Waals surface area contributed by atoms with E-state index in [2.05, 4.69) is 40.5 Å². The third kappa shape index (κ3) is 5.11. The fourth-order valence-corrected chi connectivity index (χ4v) is 11.5. The van der Waals surface area contributed by atoms with Crippen molar-refractivity contribution in [3.8, 4) is 12.8 Å². The Morgan fingerprint density at radius 1 is 0.925 bits per heavy atom. The third-order valence-electron chi connectivity index (χ3n) is 13.2. The monoisotopic (exact) mass is 564 g/mol. The average molecular weight is 565 g/mol. The van der Waals surface area contributed by atoms with E-state index in [0.29, 0.717) is 28.6 Å². The minimum Gasteiger partial charge on any atom is -0.400 e. The van der Waals surface area contributed by atoms with Crippen molar-refractivity contribution in [1.82, 2.24) is 0 Å². The molecule has 40 heavy (non-hydrogen) atoms. The quantitative estimate of drug-likeness (QED) is 0.278. The predicted molar refractivity (Wildman–Crippen MR) is 165 cm³/mol. The molecule has 11 atom stereocenters. The minimum atomic E-state index is -0.830. The Balaban J connectivity index is 0.000000876. The molecule has 5 aliphatic carbocycles. The lowest BCUT2D eigenvalue weighted by Crippen LogP contribution is -2.54. The Kier molecular flexibility index (Phi) is 11.5. The van der Waals surface area contributed by atoms with Crippen LogP contribution in [0.3, 0.4) is 0 Å². The minimum absolute atomic E-state index is 0.0256. The zero-order valence-corrected chi connectivity index (χ0v) is 27.5. The zero-order chi connectivity index (χ0) is 30.9. The van der Waals surface area contributed by atoms with E-state index in [-0.39, 0.29) is 29.1 Å². The molecule has 234 valence electrons. The first-order chi connectivity index (χ1) is 18.8. The highest BCUT2D eigenvalue weighted by Crippen LogP contribution is 2.89. The fourth-order valence-electron chi connectivity index (χ4n) is 11.5. The number of ether oxygens (including phenoxy) is 1. The molecule has 5 aliphatic rings. The highest BCUT2D eigenvalue weighted by atomic mass is 16.5. The van der Waals surface area contributed by atoms with Gasteiger partial charge >= 0.3 is 0 Å². The maximum Gasteiger partial charge on any atom is 0.0852 e. The van der Waals surface area contributed by atoms with Crippen LogP contribution in [0.25, 0.3) is 0 Å². The highest BCUT2D eigenvalue weighted by molar-refractivity contribution is 5.32. The van der Waals surface area contributed by atoms with E-state index in [1.165, 1.54) is 32.1 Å². The molecule has 0 radical (unpaired) electrons. The van der Waals surface area contributed by atoms with Crippen LogP contribution >= 0.6 is 0 Å². The number of fused-ring (bicyclic) bond motifs is 2. The Morgan fingerprint density at radius 2 is 1.52 bits per heavy atom. The number of aliphatic hydroxyl groups excluding tert-OH is 3. The van der Waals surface area contributed by atoms with Gasteiger partial charge in [-0.25, -0.2) is 0 Å². The summed E-state index contributed by atoms with van der Waals surface area (Å²) in [5, 5.41) is 39.6. The maximum atomic E-state index is 11.4. The molecule has 5 nitrogen and oxygen atoms in total. The molecule has 0 aromatic rings. The number of rotatable bonds is 6. The van der Waals surface area contributed by atoms with Crippen molar-refractivity contribution in [3.05, 3.63) is 0 Å². The van der Waals surface area contributed by atoms with Crippen LogP contribution in [0.4, 0.5) is 0 Å².